The molecule has 1 aromatic carbocycles. The van der Waals surface area contributed by atoms with Gasteiger partial charge in [-0.25, -0.2) is 9.59 Å². The van der Waals surface area contributed by atoms with Crippen LogP contribution >= 0.6 is 0 Å². The van der Waals surface area contributed by atoms with Gasteiger partial charge >= 0.3 is 11.9 Å². The highest BCUT2D eigenvalue weighted by Gasteiger charge is 2.30. The van der Waals surface area contributed by atoms with Crippen molar-refractivity contribution in [1.82, 2.24) is 0 Å². The van der Waals surface area contributed by atoms with Gasteiger partial charge in [-0.05, 0) is 111 Å². The van der Waals surface area contributed by atoms with E-state index >= 15 is 0 Å². The zero-order valence-corrected chi connectivity index (χ0v) is 26.0. The number of hydrogen-bond donors (Lipinski definition) is 2. The third-order valence-corrected chi connectivity index (χ3v) is 9.63. The molecule has 0 atom stereocenters. The van der Waals surface area contributed by atoms with Crippen molar-refractivity contribution in [3.05, 3.63) is 52.1 Å². The smallest absolute Gasteiger partial charge is 0.337 e. The van der Waals surface area contributed by atoms with Crippen molar-refractivity contribution in [2.75, 3.05) is 0 Å². The molecule has 0 saturated carbocycles. The molecule has 0 aliphatic heterocycles. The molecule has 3 aliphatic rings. The molecule has 2 N–H and O–H groups in total. The first-order valence-electron chi connectivity index (χ1n) is 17.3. The van der Waals surface area contributed by atoms with Gasteiger partial charge in [0.15, 0.2) is 0 Å². The van der Waals surface area contributed by atoms with Crippen molar-refractivity contribution in [2.45, 2.75) is 154 Å². The third-order valence-electron chi connectivity index (χ3n) is 9.63. The Kier molecular flexibility index (Phi) is 13.4. The number of rotatable bonds is 5. The van der Waals surface area contributed by atoms with Crippen LogP contribution in [0.4, 0.5) is 0 Å². The number of benzene rings is 1. The molecule has 0 heterocycles. The predicted molar refractivity (Wildman–Crippen MR) is 175 cm³/mol. The minimum Gasteiger partial charge on any atom is -0.478 e. The second-order valence-electron chi connectivity index (χ2n) is 12.9. The van der Waals surface area contributed by atoms with Crippen LogP contribution in [0.2, 0.25) is 0 Å². The Morgan fingerprint density at radius 3 is 1.29 bits per heavy atom. The molecule has 0 saturated heterocycles. The van der Waals surface area contributed by atoms with Crippen molar-refractivity contribution >= 4 is 28.7 Å². The van der Waals surface area contributed by atoms with E-state index in [2.05, 4.69) is 18.2 Å². The average molecular weight is 575 g/mol. The summed E-state index contributed by atoms with van der Waals surface area (Å²) < 4.78 is 0. The standard InChI is InChI=1S/C38H54O4/c39-37(40)33-28-32(29-22-16-10-4-1-5-11-17-23-29)34(30-24-18-12-6-2-7-13-19-25-30)35(36(33)38(41)42)31-26-20-14-8-3-9-15-21-27-31/h22,24,26,28H,1-21,23,25,27H2,(H,39,40)(H,41,42). The molecule has 4 rings (SSSR count). The normalized spacial score (nSPS) is 20.8. The first-order chi connectivity index (χ1) is 20.6. The lowest BCUT2D eigenvalue weighted by molar-refractivity contribution is 0.0651. The van der Waals surface area contributed by atoms with Gasteiger partial charge < -0.3 is 10.2 Å². The molecule has 0 amide bonds. The molecule has 0 radical (unpaired) electrons. The van der Waals surface area contributed by atoms with Gasteiger partial charge in [-0.15, -0.1) is 0 Å². The first-order valence-corrected chi connectivity index (χ1v) is 17.3. The zero-order chi connectivity index (χ0) is 29.6. The summed E-state index contributed by atoms with van der Waals surface area (Å²) in [5, 5.41) is 21.1. The molecule has 230 valence electrons. The molecule has 0 unspecified atom stereocenters. The van der Waals surface area contributed by atoms with E-state index < -0.39 is 11.9 Å². The summed E-state index contributed by atoms with van der Waals surface area (Å²) in [7, 11) is 0. The van der Waals surface area contributed by atoms with Gasteiger partial charge in [0, 0.05) is 5.56 Å². The van der Waals surface area contributed by atoms with Crippen LogP contribution in [-0.2, 0) is 0 Å². The van der Waals surface area contributed by atoms with Gasteiger partial charge in [0.1, 0.15) is 0 Å². The molecule has 1 aromatic rings. The Morgan fingerprint density at radius 1 is 0.452 bits per heavy atom. The topological polar surface area (TPSA) is 74.6 Å². The van der Waals surface area contributed by atoms with E-state index in [0.29, 0.717) is 0 Å². The van der Waals surface area contributed by atoms with Crippen molar-refractivity contribution in [3.63, 3.8) is 0 Å². The van der Waals surface area contributed by atoms with Gasteiger partial charge in [0.05, 0.1) is 11.1 Å². The quantitative estimate of drug-likeness (QED) is 0.367. The number of carbonyl (C=O) groups is 2. The zero-order valence-electron chi connectivity index (χ0n) is 26.0. The lowest BCUT2D eigenvalue weighted by atomic mass is 9.77. The molecule has 0 spiro atoms. The minimum absolute atomic E-state index is 0.00280. The van der Waals surface area contributed by atoms with Crippen LogP contribution in [-0.4, -0.2) is 22.2 Å². The fourth-order valence-corrected chi connectivity index (χ4v) is 7.32. The van der Waals surface area contributed by atoms with Crippen LogP contribution in [0.15, 0.2) is 24.3 Å². The SMILES string of the molecule is O=C(O)c1cc(C2=CCCCCCCCC2)c(C2=CCCCCCCCC2)c(C2=CCCCCCCCC2)c1C(=O)O. The summed E-state index contributed by atoms with van der Waals surface area (Å²) in [6.07, 6.45) is 33.9. The molecule has 42 heavy (non-hydrogen) atoms. The molecule has 4 nitrogen and oxygen atoms in total. The highest BCUT2D eigenvalue weighted by molar-refractivity contribution is 6.08. The molecule has 0 fully saturated rings. The Hall–Kier alpha value is -2.62. The number of carboxylic acids is 2. The van der Waals surface area contributed by atoms with Gasteiger partial charge in [-0.2, -0.15) is 0 Å². The molecule has 0 aromatic heterocycles. The number of allylic oxidation sites excluding steroid dienone is 6. The largest absolute Gasteiger partial charge is 0.478 e. The van der Waals surface area contributed by atoms with E-state index in [1.807, 2.05) is 0 Å². The fraction of sp³-hybridized carbons (Fsp3) is 0.632. The maximum absolute atomic E-state index is 13.1. The van der Waals surface area contributed by atoms with E-state index in [1.54, 1.807) is 6.07 Å². The second-order valence-corrected chi connectivity index (χ2v) is 12.9. The summed E-state index contributed by atoms with van der Waals surface area (Å²) in [5.41, 5.74) is 6.25. The van der Waals surface area contributed by atoms with Crippen LogP contribution < -0.4 is 0 Å². The van der Waals surface area contributed by atoms with Gasteiger partial charge in [-0.3, -0.25) is 0 Å². The van der Waals surface area contributed by atoms with Crippen LogP contribution in [0, 0.1) is 0 Å². The van der Waals surface area contributed by atoms with E-state index in [9.17, 15) is 19.8 Å². The van der Waals surface area contributed by atoms with E-state index in [1.165, 1.54) is 81.8 Å². The van der Waals surface area contributed by atoms with E-state index in [0.717, 1.165) is 106 Å². The summed E-state index contributed by atoms with van der Waals surface area (Å²) >= 11 is 0. The highest BCUT2D eigenvalue weighted by atomic mass is 16.4. The Labute approximate surface area is 254 Å². The Bertz CT molecular complexity index is 1150. The third kappa shape index (κ3) is 9.19. The van der Waals surface area contributed by atoms with Crippen LogP contribution in [0.1, 0.15) is 192 Å². The fourth-order valence-electron chi connectivity index (χ4n) is 7.32. The minimum atomic E-state index is -1.14. The van der Waals surface area contributed by atoms with Crippen LogP contribution in [0.5, 0.6) is 0 Å². The number of aromatic carboxylic acids is 2. The monoisotopic (exact) mass is 574 g/mol. The Morgan fingerprint density at radius 2 is 0.833 bits per heavy atom. The summed E-state index contributed by atoms with van der Waals surface area (Å²) in [4.78, 5) is 25.9. The van der Waals surface area contributed by atoms with Crippen LogP contribution in [0.3, 0.4) is 0 Å². The molecule has 3 aliphatic carbocycles. The predicted octanol–water partition coefficient (Wildman–Crippen LogP) is 11.6. The van der Waals surface area contributed by atoms with Crippen molar-refractivity contribution in [2.24, 2.45) is 0 Å². The van der Waals surface area contributed by atoms with E-state index in [4.69, 9.17) is 0 Å². The summed E-state index contributed by atoms with van der Waals surface area (Å²) in [6.45, 7) is 0. The van der Waals surface area contributed by atoms with Crippen molar-refractivity contribution < 1.29 is 19.8 Å². The van der Waals surface area contributed by atoms with Gasteiger partial charge in [0.25, 0.3) is 0 Å². The Balaban J connectivity index is 2.02. The maximum Gasteiger partial charge on any atom is 0.337 e. The average Bonchev–Trinajstić information content (AvgIpc) is 3.00. The first kappa shape index (κ1) is 32.3. The lowest BCUT2D eigenvalue weighted by Gasteiger charge is -2.26. The lowest BCUT2D eigenvalue weighted by Crippen LogP contribution is -2.16. The van der Waals surface area contributed by atoms with E-state index in [-0.39, 0.29) is 11.1 Å². The molecule has 0 bridgehead atoms. The highest BCUT2D eigenvalue weighted by Crippen LogP contribution is 2.43. The van der Waals surface area contributed by atoms with Gasteiger partial charge in [0.2, 0.25) is 0 Å². The summed E-state index contributed by atoms with van der Waals surface area (Å²) in [6, 6.07) is 1.75. The summed E-state index contributed by atoms with van der Waals surface area (Å²) in [5.74, 6) is -2.25. The molecular formula is C38H54O4. The number of carboxylic acid groups (broad SMARTS) is 2. The molecular weight excluding hydrogens is 520 g/mol. The van der Waals surface area contributed by atoms with Gasteiger partial charge in [-0.1, -0.05) is 95.3 Å². The number of hydrogen-bond acceptors (Lipinski definition) is 2. The van der Waals surface area contributed by atoms with Crippen molar-refractivity contribution in [3.8, 4) is 0 Å². The molecule has 4 heteroatoms. The van der Waals surface area contributed by atoms with Crippen molar-refractivity contribution in [1.29, 1.82) is 0 Å². The second kappa shape index (κ2) is 17.5. The maximum atomic E-state index is 13.1. The van der Waals surface area contributed by atoms with Crippen LogP contribution in [0.25, 0.3) is 16.7 Å².